The number of rotatable bonds is 4. The topological polar surface area (TPSA) is 75.1 Å². The Morgan fingerprint density at radius 2 is 2.24 bits per heavy atom. The quantitative estimate of drug-likeness (QED) is 0.822. The van der Waals surface area contributed by atoms with Crippen molar-refractivity contribution in [2.24, 2.45) is 0 Å². The minimum Gasteiger partial charge on any atom is -0.480 e. The van der Waals surface area contributed by atoms with E-state index in [9.17, 15) is 9.90 Å². The SMILES string of the molecule is Cc1nccc(CNC2(C(=O)O)CCCC2)n1. The fraction of sp³-hybridized carbons (Fsp3) is 0.583. The number of aromatic nitrogens is 2. The third kappa shape index (κ3) is 2.61. The van der Waals surface area contributed by atoms with E-state index in [2.05, 4.69) is 15.3 Å². The molecule has 92 valence electrons. The van der Waals surface area contributed by atoms with E-state index < -0.39 is 11.5 Å². The third-order valence-corrected chi connectivity index (χ3v) is 3.31. The second-order valence-electron chi connectivity index (χ2n) is 4.54. The van der Waals surface area contributed by atoms with E-state index in [4.69, 9.17) is 0 Å². The van der Waals surface area contributed by atoms with Gasteiger partial charge in [-0.1, -0.05) is 12.8 Å². The van der Waals surface area contributed by atoms with Gasteiger partial charge < -0.3 is 5.11 Å². The summed E-state index contributed by atoms with van der Waals surface area (Å²) in [7, 11) is 0. The zero-order chi connectivity index (χ0) is 12.3. The Labute approximate surface area is 100 Å². The predicted molar refractivity (Wildman–Crippen MR) is 62.4 cm³/mol. The van der Waals surface area contributed by atoms with Crippen LogP contribution in [-0.4, -0.2) is 26.6 Å². The van der Waals surface area contributed by atoms with Crippen LogP contribution >= 0.6 is 0 Å². The fourth-order valence-corrected chi connectivity index (χ4v) is 2.31. The average Bonchev–Trinajstić information content (AvgIpc) is 2.76. The second-order valence-corrected chi connectivity index (χ2v) is 4.54. The fourth-order valence-electron chi connectivity index (χ4n) is 2.31. The molecule has 1 heterocycles. The summed E-state index contributed by atoms with van der Waals surface area (Å²) < 4.78 is 0. The van der Waals surface area contributed by atoms with Crippen LogP contribution in [0.2, 0.25) is 0 Å². The first-order valence-electron chi connectivity index (χ1n) is 5.89. The smallest absolute Gasteiger partial charge is 0.323 e. The van der Waals surface area contributed by atoms with E-state index in [1.807, 2.05) is 13.0 Å². The molecule has 0 atom stereocenters. The number of nitrogens with zero attached hydrogens (tertiary/aromatic N) is 2. The highest BCUT2D eigenvalue weighted by Crippen LogP contribution is 2.30. The number of hydrogen-bond acceptors (Lipinski definition) is 4. The van der Waals surface area contributed by atoms with Crippen molar-refractivity contribution in [2.45, 2.75) is 44.7 Å². The van der Waals surface area contributed by atoms with Crippen molar-refractivity contribution < 1.29 is 9.90 Å². The molecule has 0 spiro atoms. The zero-order valence-electron chi connectivity index (χ0n) is 9.94. The van der Waals surface area contributed by atoms with Crippen molar-refractivity contribution in [2.75, 3.05) is 0 Å². The van der Waals surface area contributed by atoms with Gasteiger partial charge in [-0.25, -0.2) is 9.97 Å². The lowest BCUT2D eigenvalue weighted by molar-refractivity contribution is -0.144. The number of nitrogens with one attached hydrogen (secondary N) is 1. The molecule has 0 saturated heterocycles. The highest BCUT2D eigenvalue weighted by Gasteiger charge is 2.40. The first kappa shape index (κ1) is 12.0. The summed E-state index contributed by atoms with van der Waals surface area (Å²) in [6.07, 6.45) is 5.05. The van der Waals surface area contributed by atoms with Crippen molar-refractivity contribution in [3.8, 4) is 0 Å². The van der Waals surface area contributed by atoms with Crippen LogP contribution in [0.15, 0.2) is 12.3 Å². The van der Waals surface area contributed by atoms with Crippen molar-refractivity contribution in [3.63, 3.8) is 0 Å². The molecular formula is C12H17N3O2. The second kappa shape index (κ2) is 4.79. The van der Waals surface area contributed by atoms with Crippen LogP contribution in [0.1, 0.15) is 37.2 Å². The number of hydrogen-bond donors (Lipinski definition) is 2. The van der Waals surface area contributed by atoms with E-state index in [-0.39, 0.29) is 0 Å². The summed E-state index contributed by atoms with van der Waals surface area (Å²) in [5.74, 6) is -0.0409. The monoisotopic (exact) mass is 235 g/mol. The molecule has 1 aromatic rings. The molecule has 0 unspecified atom stereocenters. The molecule has 1 aliphatic rings. The standard InChI is InChI=1S/C12H17N3O2/c1-9-13-7-4-10(15-9)8-14-12(11(16)17)5-2-3-6-12/h4,7,14H,2-3,5-6,8H2,1H3,(H,16,17). The Morgan fingerprint density at radius 1 is 1.53 bits per heavy atom. The maximum atomic E-state index is 11.3. The molecule has 2 rings (SSSR count). The van der Waals surface area contributed by atoms with Crippen molar-refractivity contribution >= 4 is 5.97 Å². The lowest BCUT2D eigenvalue weighted by Crippen LogP contribution is -2.49. The molecule has 1 saturated carbocycles. The van der Waals surface area contributed by atoms with Gasteiger partial charge >= 0.3 is 5.97 Å². The van der Waals surface area contributed by atoms with E-state index in [1.165, 1.54) is 0 Å². The van der Waals surface area contributed by atoms with Gasteiger partial charge in [0.1, 0.15) is 11.4 Å². The van der Waals surface area contributed by atoms with Gasteiger partial charge in [-0.3, -0.25) is 10.1 Å². The Bertz CT molecular complexity index is 414. The van der Waals surface area contributed by atoms with Gasteiger partial charge in [-0.2, -0.15) is 0 Å². The first-order chi connectivity index (χ1) is 8.12. The van der Waals surface area contributed by atoms with Crippen LogP contribution in [0.5, 0.6) is 0 Å². The number of aliphatic carboxylic acids is 1. The summed E-state index contributed by atoms with van der Waals surface area (Å²) >= 11 is 0. The lowest BCUT2D eigenvalue weighted by atomic mass is 9.98. The van der Waals surface area contributed by atoms with E-state index in [1.54, 1.807) is 6.20 Å². The van der Waals surface area contributed by atoms with Crippen molar-refractivity contribution in [3.05, 3.63) is 23.8 Å². The van der Waals surface area contributed by atoms with Gasteiger partial charge in [0.25, 0.3) is 0 Å². The summed E-state index contributed by atoms with van der Waals surface area (Å²) in [5.41, 5.74) is 0.0868. The van der Waals surface area contributed by atoms with Gasteiger partial charge in [0, 0.05) is 12.7 Å². The minimum atomic E-state index is -0.751. The van der Waals surface area contributed by atoms with Gasteiger partial charge in [0.05, 0.1) is 5.69 Å². The molecule has 5 nitrogen and oxygen atoms in total. The van der Waals surface area contributed by atoms with Gasteiger partial charge in [-0.15, -0.1) is 0 Å². The van der Waals surface area contributed by atoms with E-state index >= 15 is 0 Å². The number of carbonyl (C=O) groups is 1. The molecule has 0 aromatic carbocycles. The molecule has 1 aliphatic carbocycles. The largest absolute Gasteiger partial charge is 0.480 e. The molecule has 1 aromatic heterocycles. The lowest BCUT2D eigenvalue weighted by Gasteiger charge is -2.25. The summed E-state index contributed by atoms with van der Waals surface area (Å²) in [6, 6.07) is 1.81. The van der Waals surface area contributed by atoms with Gasteiger partial charge in [-0.05, 0) is 25.8 Å². The van der Waals surface area contributed by atoms with Crippen LogP contribution in [0.25, 0.3) is 0 Å². The number of carboxylic acid groups (broad SMARTS) is 1. The van der Waals surface area contributed by atoms with Crippen molar-refractivity contribution in [1.29, 1.82) is 0 Å². The van der Waals surface area contributed by atoms with Crippen LogP contribution in [-0.2, 0) is 11.3 Å². The molecule has 1 fully saturated rings. The van der Waals surface area contributed by atoms with Crippen LogP contribution < -0.4 is 5.32 Å². The average molecular weight is 235 g/mol. The Balaban J connectivity index is 2.03. The minimum absolute atomic E-state index is 0.482. The van der Waals surface area contributed by atoms with Crippen molar-refractivity contribution in [1.82, 2.24) is 15.3 Å². The molecule has 5 heteroatoms. The first-order valence-corrected chi connectivity index (χ1v) is 5.89. The highest BCUT2D eigenvalue weighted by atomic mass is 16.4. The van der Waals surface area contributed by atoms with Crippen LogP contribution in [0, 0.1) is 6.92 Å². The molecule has 17 heavy (non-hydrogen) atoms. The molecule has 0 aliphatic heterocycles. The number of carboxylic acids is 1. The zero-order valence-corrected chi connectivity index (χ0v) is 9.94. The molecule has 0 bridgehead atoms. The Hall–Kier alpha value is -1.49. The number of aryl methyl sites for hydroxylation is 1. The maximum absolute atomic E-state index is 11.3. The van der Waals surface area contributed by atoms with E-state index in [0.29, 0.717) is 25.2 Å². The predicted octanol–water partition coefficient (Wildman–Crippen LogP) is 1.27. The molecule has 2 N–H and O–H groups in total. The Morgan fingerprint density at radius 3 is 2.82 bits per heavy atom. The van der Waals surface area contributed by atoms with Gasteiger partial charge in [0.15, 0.2) is 0 Å². The molecular weight excluding hydrogens is 218 g/mol. The van der Waals surface area contributed by atoms with Gasteiger partial charge in [0.2, 0.25) is 0 Å². The Kier molecular flexibility index (Phi) is 3.38. The van der Waals surface area contributed by atoms with Crippen LogP contribution in [0.4, 0.5) is 0 Å². The van der Waals surface area contributed by atoms with E-state index in [0.717, 1.165) is 18.5 Å². The maximum Gasteiger partial charge on any atom is 0.323 e. The van der Waals surface area contributed by atoms with Crippen LogP contribution in [0.3, 0.4) is 0 Å². The summed E-state index contributed by atoms with van der Waals surface area (Å²) in [5, 5.41) is 12.4. The molecule has 0 amide bonds. The normalized spacial score (nSPS) is 18.2. The summed E-state index contributed by atoms with van der Waals surface area (Å²) in [6.45, 7) is 2.31. The third-order valence-electron chi connectivity index (χ3n) is 3.31. The molecule has 0 radical (unpaired) electrons. The highest BCUT2D eigenvalue weighted by molar-refractivity contribution is 5.79. The summed E-state index contributed by atoms with van der Waals surface area (Å²) in [4.78, 5) is 19.6.